The summed E-state index contributed by atoms with van der Waals surface area (Å²) < 4.78 is 7.75. The molecule has 0 aromatic carbocycles. The molecule has 0 N–H and O–H groups in total. The quantitative estimate of drug-likeness (QED) is 0.783. The molecular weight excluding hydrogens is 246 g/mol. The maximum absolute atomic E-state index is 9.01. The van der Waals surface area contributed by atoms with E-state index in [9.17, 15) is 0 Å². The highest BCUT2D eigenvalue weighted by Crippen LogP contribution is 2.16. The molecule has 0 amide bonds. The van der Waals surface area contributed by atoms with Gasteiger partial charge in [-0.15, -0.1) is 0 Å². The Balaban J connectivity index is 2.21. The first-order valence-electron chi connectivity index (χ1n) is 6.12. The number of methoxy groups -OCH3 is 1. The van der Waals surface area contributed by atoms with E-state index in [0.717, 1.165) is 26.1 Å². The lowest BCUT2D eigenvalue weighted by Gasteiger charge is -2.35. The van der Waals surface area contributed by atoms with Crippen LogP contribution in [0.25, 0.3) is 0 Å². The number of nitrogens with zero attached hydrogens (tertiary/aromatic N) is 3. The van der Waals surface area contributed by atoms with Gasteiger partial charge in [-0.3, -0.25) is 4.68 Å². The molecule has 5 heteroatoms. The molecule has 18 heavy (non-hydrogen) atoms. The number of aromatic nitrogens is 1. The van der Waals surface area contributed by atoms with Gasteiger partial charge in [0, 0.05) is 32.3 Å². The van der Waals surface area contributed by atoms with Crippen molar-refractivity contribution < 1.29 is 4.74 Å². The van der Waals surface area contributed by atoms with Crippen molar-refractivity contribution in [2.24, 2.45) is 5.92 Å². The fourth-order valence-corrected chi connectivity index (χ4v) is 2.69. The van der Waals surface area contributed by atoms with E-state index in [1.165, 1.54) is 6.42 Å². The van der Waals surface area contributed by atoms with Gasteiger partial charge in [0.15, 0.2) is 0 Å². The summed E-state index contributed by atoms with van der Waals surface area (Å²) in [6.07, 6.45) is 4.25. The average molecular weight is 263 g/mol. The van der Waals surface area contributed by atoms with Crippen LogP contribution >= 0.6 is 12.2 Å². The number of hydrogen-bond donors (Lipinski definition) is 0. The SMILES string of the molecule is COC[C@H]1CCCN(n2cccc(C#N)c2=S)C1. The van der Waals surface area contributed by atoms with Crippen LogP contribution in [0.4, 0.5) is 0 Å². The standard InChI is InChI=1S/C13H17N3OS/c1-17-10-11-4-2-6-15(9-11)16-7-3-5-12(8-14)13(16)18/h3,5,7,11H,2,4,6,9-10H2,1H3/t11-/m0/s1. The van der Waals surface area contributed by atoms with Crippen LogP contribution in [0, 0.1) is 21.9 Å². The smallest absolute Gasteiger partial charge is 0.143 e. The zero-order valence-electron chi connectivity index (χ0n) is 10.5. The van der Waals surface area contributed by atoms with Crippen LogP contribution in [0.1, 0.15) is 18.4 Å². The van der Waals surface area contributed by atoms with Gasteiger partial charge in [0.2, 0.25) is 0 Å². The minimum Gasteiger partial charge on any atom is -0.384 e. The van der Waals surface area contributed by atoms with Gasteiger partial charge in [-0.1, -0.05) is 12.2 Å². The van der Waals surface area contributed by atoms with Crippen LogP contribution in [0.5, 0.6) is 0 Å². The lowest BCUT2D eigenvalue weighted by Crippen LogP contribution is -2.44. The van der Waals surface area contributed by atoms with Crippen molar-refractivity contribution in [1.82, 2.24) is 4.68 Å². The predicted octanol–water partition coefficient (Wildman–Crippen LogP) is 2.08. The predicted molar refractivity (Wildman–Crippen MR) is 72.5 cm³/mol. The fourth-order valence-electron chi connectivity index (χ4n) is 2.40. The Bertz CT molecular complexity index is 504. The van der Waals surface area contributed by atoms with Gasteiger partial charge in [-0.2, -0.15) is 5.26 Å². The van der Waals surface area contributed by atoms with E-state index in [4.69, 9.17) is 22.2 Å². The second-order valence-corrected chi connectivity index (χ2v) is 4.95. The molecule has 0 spiro atoms. The average Bonchev–Trinajstić information content (AvgIpc) is 2.40. The minimum atomic E-state index is 0.538. The van der Waals surface area contributed by atoms with Gasteiger partial charge >= 0.3 is 0 Å². The number of pyridine rings is 1. The highest BCUT2D eigenvalue weighted by molar-refractivity contribution is 7.71. The monoisotopic (exact) mass is 263 g/mol. The summed E-state index contributed by atoms with van der Waals surface area (Å²) in [5.41, 5.74) is 0.557. The van der Waals surface area contributed by atoms with Crippen LogP contribution < -0.4 is 5.01 Å². The van der Waals surface area contributed by atoms with Crippen molar-refractivity contribution in [3.05, 3.63) is 28.5 Å². The highest BCUT2D eigenvalue weighted by atomic mass is 32.1. The summed E-state index contributed by atoms with van der Waals surface area (Å²) in [7, 11) is 1.74. The van der Waals surface area contributed by atoms with E-state index in [1.807, 2.05) is 16.9 Å². The van der Waals surface area contributed by atoms with Crippen LogP contribution in [-0.2, 0) is 4.74 Å². The molecule has 1 atom stereocenters. The summed E-state index contributed by atoms with van der Waals surface area (Å²) in [4.78, 5) is 0. The Labute approximate surface area is 112 Å². The second kappa shape index (κ2) is 5.98. The number of hydrogen-bond acceptors (Lipinski definition) is 4. The van der Waals surface area contributed by atoms with Crippen LogP contribution in [0.2, 0.25) is 0 Å². The lowest BCUT2D eigenvalue weighted by atomic mass is 10.0. The molecule has 1 aliphatic rings. The number of ether oxygens (including phenoxy) is 1. The van der Waals surface area contributed by atoms with E-state index in [-0.39, 0.29) is 0 Å². The largest absolute Gasteiger partial charge is 0.384 e. The summed E-state index contributed by atoms with van der Waals surface area (Å²) in [5, 5.41) is 11.2. The van der Waals surface area contributed by atoms with E-state index < -0.39 is 0 Å². The first-order chi connectivity index (χ1) is 8.76. The van der Waals surface area contributed by atoms with Crippen molar-refractivity contribution in [3.63, 3.8) is 0 Å². The van der Waals surface area contributed by atoms with E-state index >= 15 is 0 Å². The van der Waals surface area contributed by atoms with Gasteiger partial charge in [0.05, 0.1) is 12.2 Å². The minimum absolute atomic E-state index is 0.538. The van der Waals surface area contributed by atoms with E-state index in [0.29, 0.717) is 16.1 Å². The molecule has 1 fully saturated rings. The van der Waals surface area contributed by atoms with Gasteiger partial charge in [-0.05, 0) is 25.0 Å². The van der Waals surface area contributed by atoms with E-state index in [2.05, 4.69) is 11.1 Å². The molecule has 1 aromatic heterocycles. The molecule has 2 rings (SSSR count). The molecule has 0 saturated carbocycles. The lowest BCUT2D eigenvalue weighted by molar-refractivity contribution is 0.138. The Morgan fingerprint density at radius 1 is 1.61 bits per heavy atom. The van der Waals surface area contributed by atoms with Gasteiger partial charge in [0.1, 0.15) is 10.7 Å². The molecule has 96 valence electrons. The number of nitriles is 1. The van der Waals surface area contributed by atoms with Gasteiger partial charge in [0.25, 0.3) is 0 Å². The molecule has 4 nitrogen and oxygen atoms in total. The maximum atomic E-state index is 9.01. The third-order valence-electron chi connectivity index (χ3n) is 3.25. The third-order valence-corrected chi connectivity index (χ3v) is 3.66. The van der Waals surface area contributed by atoms with Gasteiger partial charge in [-0.25, -0.2) is 0 Å². The van der Waals surface area contributed by atoms with E-state index in [1.54, 1.807) is 13.2 Å². The van der Waals surface area contributed by atoms with Crippen LogP contribution in [0.15, 0.2) is 18.3 Å². The molecule has 1 aromatic rings. The second-order valence-electron chi connectivity index (χ2n) is 4.56. The van der Waals surface area contributed by atoms with Crippen LogP contribution in [0.3, 0.4) is 0 Å². The van der Waals surface area contributed by atoms with Crippen molar-refractivity contribution in [3.8, 4) is 6.07 Å². The Morgan fingerprint density at radius 3 is 3.17 bits per heavy atom. The summed E-state index contributed by atoms with van der Waals surface area (Å²) >= 11 is 5.34. The molecule has 0 unspecified atom stereocenters. The molecular formula is C13H17N3OS. The molecule has 0 radical (unpaired) electrons. The third kappa shape index (κ3) is 2.71. The van der Waals surface area contributed by atoms with Crippen molar-refractivity contribution in [2.45, 2.75) is 12.8 Å². The summed E-state index contributed by atoms with van der Waals surface area (Å²) in [6, 6.07) is 5.76. The molecule has 0 aliphatic carbocycles. The molecule has 2 heterocycles. The number of rotatable bonds is 3. The first kappa shape index (κ1) is 13.1. The van der Waals surface area contributed by atoms with Crippen molar-refractivity contribution in [2.75, 3.05) is 31.8 Å². The topological polar surface area (TPSA) is 41.2 Å². The van der Waals surface area contributed by atoms with Crippen molar-refractivity contribution >= 4 is 12.2 Å². The zero-order valence-corrected chi connectivity index (χ0v) is 11.3. The summed E-state index contributed by atoms with van der Waals surface area (Å²) in [6.45, 7) is 2.68. The molecule has 1 aliphatic heterocycles. The molecule has 1 saturated heterocycles. The fraction of sp³-hybridized carbons (Fsp3) is 0.538. The van der Waals surface area contributed by atoms with Crippen molar-refractivity contribution in [1.29, 1.82) is 5.26 Å². The Kier molecular flexibility index (Phi) is 4.34. The van der Waals surface area contributed by atoms with Gasteiger partial charge < -0.3 is 9.75 Å². The summed E-state index contributed by atoms with van der Waals surface area (Å²) in [5.74, 6) is 0.538. The number of piperidine rings is 1. The maximum Gasteiger partial charge on any atom is 0.143 e. The Hall–Kier alpha value is -1.38. The normalized spacial score (nSPS) is 19.6. The Morgan fingerprint density at radius 2 is 2.44 bits per heavy atom. The highest BCUT2D eigenvalue weighted by Gasteiger charge is 2.20. The van der Waals surface area contributed by atoms with Crippen LogP contribution in [-0.4, -0.2) is 31.5 Å². The molecule has 0 bridgehead atoms. The zero-order chi connectivity index (χ0) is 13.0. The first-order valence-corrected chi connectivity index (χ1v) is 6.53.